The van der Waals surface area contributed by atoms with Crippen LogP contribution >= 0.6 is 0 Å². The Kier molecular flexibility index (Phi) is 5.22. The second-order valence-electron chi connectivity index (χ2n) is 6.05. The molecule has 2 rings (SSSR count). The van der Waals surface area contributed by atoms with Gasteiger partial charge in [0.1, 0.15) is 17.2 Å². The van der Waals surface area contributed by atoms with Crippen LogP contribution in [-0.4, -0.2) is 32.9 Å². The third-order valence-corrected chi connectivity index (χ3v) is 4.34. The molecule has 1 atom stereocenters. The molecule has 0 saturated carbocycles. The molecule has 2 aromatic rings. The first-order chi connectivity index (χ1) is 11.6. The van der Waals surface area contributed by atoms with Crippen LogP contribution in [0.5, 0.6) is 0 Å². The summed E-state index contributed by atoms with van der Waals surface area (Å²) in [4.78, 5) is 38.7. The Balaban J connectivity index is 2.32. The molecule has 0 fully saturated rings. The van der Waals surface area contributed by atoms with Crippen molar-refractivity contribution in [1.29, 1.82) is 0 Å². The summed E-state index contributed by atoms with van der Waals surface area (Å²) in [5.41, 5.74) is 5.14. The van der Waals surface area contributed by atoms with Crippen molar-refractivity contribution in [2.75, 3.05) is 12.8 Å². The fourth-order valence-corrected chi connectivity index (χ4v) is 2.52. The van der Waals surface area contributed by atoms with Crippen LogP contribution in [0.1, 0.15) is 22.8 Å². The van der Waals surface area contributed by atoms with Gasteiger partial charge in [-0.25, -0.2) is 9.18 Å². The maximum absolute atomic E-state index is 13.0. The Morgan fingerprint density at radius 1 is 1.20 bits per heavy atom. The number of likely N-dealkylation sites (N-methyl/N-ethyl adjacent to an activating group) is 1. The minimum absolute atomic E-state index is 0.153. The normalized spacial score (nSPS) is 12.4. The van der Waals surface area contributed by atoms with Crippen molar-refractivity contribution in [1.82, 2.24) is 14.0 Å². The van der Waals surface area contributed by atoms with E-state index in [1.54, 1.807) is 31.0 Å². The van der Waals surface area contributed by atoms with Gasteiger partial charge in [0.15, 0.2) is 5.78 Å². The number of carbonyl (C=O) groups excluding carboxylic acids is 1. The highest BCUT2D eigenvalue weighted by Gasteiger charge is 2.27. The van der Waals surface area contributed by atoms with E-state index in [1.807, 2.05) is 0 Å². The van der Waals surface area contributed by atoms with Gasteiger partial charge >= 0.3 is 5.69 Å². The van der Waals surface area contributed by atoms with E-state index in [2.05, 4.69) is 0 Å². The molecule has 0 spiro atoms. The highest BCUT2D eigenvalue weighted by atomic mass is 19.1. The van der Waals surface area contributed by atoms with Crippen molar-refractivity contribution >= 4 is 11.6 Å². The van der Waals surface area contributed by atoms with E-state index in [4.69, 9.17) is 5.73 Å². The van der Waals surface area contributed by atoms with Crippen molar-refractivity contribution in [2.24, 2.45) is 14.1 Å². The van der Waals surface area contributed by atoms with E-state index >= 15 is 0 Å². The lowest BCUT2D eigenvalue weighted by Gasteiger charge is -2.24. The molecule has 0 aliphatic heterocycles. The number of halogens is 1. The summed E-state index contributed by atoms with van der Waals surface area (Å²) in [6.45, 7) is 2.04. The third-order valence-electron chi connectivity index (χ3n) is 4.34. The largest absolute Gasteiger partial charge is 0.384 e. The van der Waals surface area contributed by atoms with E-state index < -0.39 is 23.1 Å². The molecule has 0 aliphatic rings. The van der Waals surface area contributed by atoms with Crippen LogP contribution in [0.2, 0.25) is 0 Å². The summed E-state index contributed by atoms with van der Waals surface area (Å²) in [5.74, 6) is -0.963. The lowest BCUT2D eigenvalue weighted by atomic mass is 10.1. The van der Waals surface area contributed by atoms with Gasteiger partial charge in [-0.2, -0.15) is 0 Å². The monoisotopic (exact) mass is 348 g/mol. The zero-order valence-electron chi connectivity index (χ0n) is 14.6. The average Bonchev–Trinajstić information content (AvgIpc) is 2.59. The summed E-state index contributed by atoms with van der Waals surface area (Å²) in [6.07, 6.45) is 0. The molecule has 1 unspecified atom stereocenters. The van der Waals surface area contributed by atoms with Crippen LogP contribution in [0.4, 0.5) is 10.2 Å². The Bertz CT molecular complexity index is 915. The number of nitrogens with zero attached hydrogens (tertiary/aromatic N) is 3. The van der Waals surface area contributed by atoms with Crippen molar-refractivity contribution < 1.29 is 9.18 Å². The topological polar surface area (TPSA) is 90.3 Å². The lowest BCUT2D eigenvalue weighted by molar-refractivity contribution is 0.0860. The number of ketones is 1. The fourth-order valence-electron chi connectivity index (χ4n) is 2.52. The van der Waals surface area contributed by atoms with E-state index in [0.717, 1.165) is 14.7 Å². The Labute approximate surface area is 144 Å². The number of nitrogens with two attached hydrogens (primary N) is 1. The fraction of sp³-hybridized carbons (Fsp3) is 0.353. The molecule has 25 heavy (non-hydrogen) atoms. The first kappa shape index (κ1) is 18.6. The van der Waals surface area contributed by atoms with Gasteiger partial charge in [-0.1, -0.05) is 12.1 Å². The highest BCUT2D eigenvalue weighted by Crippen LogP contribution is 2.13. The molecular formula is C17H21FN4O3. The van der Waals surface area contributed by atoms with Gasteiger partial charge in [0.2, 0.25) is 0 Å². The van der Waals surface area contributed by atoms with Gasteiger partial charge in [-0.15, -0.1) is 0 Å². The number of nitrogen functional groups attached to an aromatic ring is 1. The Morgan fingerprint density at radius 3 is 2.32 bits per heavy atom. The van der Waals surface area contributed by atoms with Crippen LogP contribution < -0.4 is 17.0 Å². The number of benzene rings is 1. The summed E-state index contributed by atoms with van der Waals surface area (Å²) < 4.78 is 14.9. The molecule has 2 N–H and O–H groups in total. The average molecular weight is 348 g/mol. The second-order valence-corrected chi connectivity index (χ2v) is 6.05. The number of aromatic nitrogens is 2. The quantitative estimate of drug-likeness (QED) is 0.795. The number of hydrogen-bond acceptors (Lipinski definition) is 5. The molecular weight excluding hydrogens is 327 g/mol. The number of carbonyl (C=O) groups is 1. The molecule has 0 amide bonds. The number of Topliss-reactive ketones (excluding diaryl/α,β-unsaturated/α-hetero) is 1. The summed E-state index contributed by atoms with van der Waals surface area (Å²) in [6, 6.07) is 5.29. The Morgan fingerprint density at radius 2 is 1.76 bits per heavy atom. The highest BCUT2D eigenvalue weighted by molar-refractivity contribution is 6.03. The van der Waals surface area contributed by atoms with Crippen molar-refractivity contribution in [3.8, 4) is 0 Å². The molecule has 0 saturated heterocycles. The van der Waals surface area contributed by atoms with E-state index in [1.165, 1.54) is 26.2 Å². The zero-order chi connectivity index (χ0) is 18.9. The summed E-state index contributed by atoms with van der Waals surface area (Å²) >= 11 is 0. The van der Waals surface area contributed by atoms with Gasteiger partial charge in [0, 0.05) is 20.6 Å². The standard InChI is InChI=1S/C17H21FN4O3/c1-10(20(2)9-11-5-7-12(18)8-6-11)14(23)13-15(19)21(3)17(25)22(4)16(13)24/h5-8,10H,9,19H2,1-4H3. The van der Waals surface area contributed by atoms with Gasteiger partial charge in [0.05, 0.1) is 6.04 Å². The minimum Gasteiger partial charge on any atom is -0.384 e. The van der Waals surface area contributed by atoms with Gasteiger partial charge in [0.25, 0.3) is 5.56 Å². The maximum atomic E-state index is 13.0. The van der Waals surface area contributed by atoms with Crippen LogP contribution in [0.25, 0.3) is 0 Å². The molecule has 1 aromatic heterocycles. The molecule has 0 radical (unpaired) electrons. The number of hydrogen-bond donors (Lipinski definition) is 1. The van der Waals surface area contributed by atoms with Crippen molar-refractivity contribution in [3.05, 3.63) is 62.0 Å². The van der Waals surface area contributed by atoms with Crippen LogP contribution in [0.3, 0.4) is 0 Å². The number of rotatable bonds is 5. The first-order valence-electron chi connectivity index (χ1n) is 7.69. The van der Waals surface area contributed by atoms with Gasteiger partial charge in [-0.05, 0) is 31.7 Å². The summed E-state index contributed by atoms with van der Waals surface area (Å²) in [5, 5.41) is 0. The van der Waals surface area contributed by atoms with Crippen LogP contribution in [0.15, 0.2) is 33.9 Å². The minimum atomic E-state index is -0.715. The van der Waals surface area contributed by atoms with E-state index in [9.17, 15) is 18.8 Å². The lowest BCUT2D eigenvalue weighted by Crippen LogP contribution is -2.45. The Hall–Kier alpha value is -2.74. The number of anilines is 1. The zero-order valence-corrected chi connectivity index (χ0v) is 14.6. The molecule has 0 bridgehead atoms. The SMILES string of the molecule is CC(C(=O)c1c(N)n(C)c(=O)n(C)c1=O)N(C)Cc1ccc(F)cc1. The van der Waals surface area contributed by atoms with Gasteiger partial charge in [-0.3, -0.25) is 23.6 Å². The van der Waals surface area contributed by atoms with Crippen molar-refractivity contribution in [3.63, 3.8) is 0 Å². The van der Waals surface area contributed by atoms with E-state index in [-0.39, 0.29) is 17.2 Å². The third kappa shape index (κ3) is 3.53. The first-order valence-corrected chi connectivity index (χ1v) is 7.69. The predicted molar refractivity (Wildman–Crippen MR) is 93.0 cm³/mol. The molecule has 1 aromatic carbocycles. The molecule has 1 heterocycles. The van der Waals surface area contributed by atoms with Gasteiger partial charge < -0.3 is 5.73 Å². The second kappa shape index (κ2) is 7.02. The van der Waals surface area contributed by atoms with Crippen LogP contribution in [0, 0.1) is 5.82 Å². The molecule has 134 valence electrons. The predicted octanol–water partition coefficient (Wildman–Crippen LogP) is 0.509. The van der Waals surface area contributed by atoms with Crippen LogP contribution in [-0.2, 0) is 20.6 Å². The molecule has 7 nitrogen and oxygen atoms in total. The maximum Gasteiger partial charge on any atom is 0.332 e. The van der Waals surface area contributed by atoms with Crippen molar-refractivity contribution in [2.45, 2.75) is 19.5 Å². The smallest absolute Gasteiger partial charge is 0.332 e. The summed E-state index contributed by atoms with van der Waals surface area (Å²) in [7, 11) is 4.42. The molecule has 0 aliphatic carbocycles. The van der Waals surface area contributed by atoms with E-state index in [0.29, 0.717) is 6.54 Å². The molecule has 8 heteroatoms.